The van der Waals surface area contributed by atoms with E-state index in [2.05, 4.69) is 15.3 Å². The summed E-state index contributed by atoms with van der Waals surface area (Å²) in [6.07, 6.45) is 1.14. The quantitative estimate of drug-likeness (QED) is 0.284. The first-order valence-electron chi connectivity index (χ1n) is 8.60. The molecule has 3 aromatic rings. The van der Waals surface area contributed by atoms with E-state index >= 15 is 0 Å². The van der Waals surface area contributed by atoms with E-state index in [-0.39, 0.29) is 38.9 Å². The first-order valence-corrected chi connectivity index (χ1v) is 8.60. The molecule has 0 saturated heterocycles. The Bertz CT molecular complexity index is 1080. The fourth-order valence-corrected chi connectivity index (χ4v) is 2.88. The molecule has 0 unspecified atom stereocenters. The van der Waals surface area contributed by atoms with Crippen LogP contribution in [0, 0.1) is 0 Å². The third kappa shape index (κ3) is 3.52. The maximum absolute atomic E-state index is 12.6. The summed E-state index contributed by atoms with van der Waals surface area (Å²) in [7, 11) is 3.88. The number of hydrogen-bond donors (Lipinski definition) is 4. The summed E-state index contributed by atoms with van der Waals surface area (Å²) >= 11 is 0. The molecule has 0 atom stereocenters. The van der Waals surface area contributed by atoms with Crippen molar-refractivity contribution in [3.63, 3.8) is 0 Å². The maximum atomic E-state index is 12.6. The lowest BCUT2D eigenvalue weighted by atomic mass is 10.1. The van der Waals surface area contributed by atoms with Gasteiger partial charge in [0.25, 0.3) is 5.91 Å². The molecule has 1 aromatic heterocycles. The topological polar surface area (TPSA) is 136 Å². The summed E-state index contributed by atoms with van der Waals surface area (Å²) in [5, 5.41) is 32.9. The standard InChI is InChI=1S/C19H20N4O5/c1-23(2)7-3-6-20-19(28)10-4-5-12(25)17-15(10)21-18-14(27)8-13(26)11(9-24)16(18)22-17/h4-5,8-9,25-27H,3,6-7H2,1-2H3,(H,20,28). The van der Waals surface area contributed by atoms with Gasteiger partial charge in [0, 0.05) is 12.6 Å². The molecule has 9 heteroatoms. The Hall–Kier alpha value is -3.46. The first kappa shape index (κ1) is 19.3. The maximum Gasteiger partial charge on any atom is 0.253 e. The molecule has 28 heavy (non-hydrogen) atoms. The molecule has 0 saturated carbocycles. The van der Waals surface area contributed by atoms with Crippen LogP contribution in [-0.2, 0) is 0 Å². The molecule has 0 aliphatic rings. The Morgan fingerprint density at radius 1 is 1.04 bits per heavy atom. The van der Waals surface area contributed by atoms with Crippen molar-refractivity contribution in [1.29, 1.82) is 0 Å². The number of aldehydes is 1. The van der Waals surface area contributed by atoms with Crippen LogP contribution in [0.4, 0.5) is 0 Å². The lowest BCUT2D eigenvalue weighted by Gasteiger charge is -2.12. The van der Waals surface area contributed by atoms with Gasteiger partial charge in [0.2, 0.25) is 0 Å². The van der Waals surface area contributed by atoms with Gasteiger partial charge in [-0.3, -0.25) is 9.59 Å². The van der Waals surface area contributed by atoms with Gasteiger partial charge in [-0.15, -0.1) is 0 Å². The smallest absolute Gasteiger partial charge is 0.253 e. The summed E-state index contributed by atoms with van der Waals surface area (Å²) in [5.41, 5.74) is -0.0530. The highest BCUT2D eigenvalue weighted by Gasteiger charge is 2.20. The summed E-state index contributed by atoms with van der Waals surface area (Å²) in [4.78, 5) is 34.3. The van der Waals surface area contributed by atoms with Crippen molar-refractivity contribution in [2.24, 2.45) is 0 Å². The van der Waals surface area contributed by atoms with E-state index in [4.69, 9.17) is 0 Å². The average Bonchev–Trinajstić information content (AvgIpc) is 2.65. The lowest BCUT2D eigenvalue weighted by Crippen LogP contribution is -2.27. The third-order valence-corrected chi connectivity index (χ3v) is 4.28. The minimum atomic E-state index is -0.456. The Kier molecular flexibility index (Phi) is 5.27. The largest absolute Gasteiger partial charge is 0.507 e. The highest BCUT2D eigenvalue weighted by atomic mass is 16.3. The number of amides is 1. The van der Waals surface area contributed by atoms with Gasteiger partial charge in [-0.05, 0) is 39.2 Å². The molecular weight excluding hydrogens is 364 g/mol. The molecule has 4 N–H and O–H groups in total. The Balaban J connectivity index is 2.10. The number of carbonyl (C=O) groups excluding carboxylic acids is 2. The number of benzene rings is 2. The van der Waals surface area contributed by atoms with Crippen molar-refractivity contribution >= 4 is 34.3 Å². The van der Waals surface area contributed by atoms with Gasteiger partial charge in [0.05, 0.1) is 11.1 Å². The second-order valence-corrected chi connectivity index (χ2v) is 6.61. The predicted molar refractivity (Wildman–Crippen MR) is 103 cm³/mol. The van der Waals surface area contributed by atoms with Gasteiger partial charge in [-0.2, -0.15) is 0 Å². The van der Waals surface area contributed by atoms with Crippen LogP contribution in [-0.4, -0.2) is 69.6 Å². The van der Waals surface area contributed by atoms with Gasteiger partial charge < -0.3 is 25.5 Å². The van der Waals surface area contributed by atoms with Crippen molar-refractivity contribution in [1.82, 2.24) is 20.2 Å². The minimum absolute atomic E-state index is 0.0125. The van der Waals surface area contributed by atoms with Crippen molar-refractivity contribution in [3.8, 4) is 17.2 Å². The zero-order valence-electron chi connectivity index (χ0n) is 15.4. The van der Waals surface area contributed by atoms with Crippen molar-refractivity contribution in [3.05, 3.63) is 29.3 Å². The van der Waals surface area contributed by atoms with E-state index in [1.165, 1.54) is 12.1 Å². The number of fused-ring (bicyclic) bond motifs is 2. The molecule has 0 radical (unpaired) electrons. The van der Waals surface area contributed by atoms with E-state index in [9.17, 15) is 24.9 Å². The molecule has 3 rings (SSSR count). The zero-order chi connectivity index (χ0) is 20.4. The predicted octanol–water partition coefficient (Wildman–Crippen LogP) is 1.39. The molecule has 0 bridgehead atoms. The first-order chi connectivity index (χ1) is 13.3. The SMILES string of the molecule is CN(C)CCCNC(=O)c1ccc(O)c2nc3c(C=O)c(O)cc(O)c3nc12. The highest BCUT2D eigenvalue weighted by Crippen LogP contribution is 2.35. The van der Waals surface area contributed by atoms with Gasteiger partial charge >= 0.3 is 0 Å². The molecule has 146 valence electrons. The Labute approximate surface area is 160 Å². The van der Waals surface area contributed by atoms with Crippen molar-refractivity contribution in [2.75, 3.05) is 27.2 Å². The molecule has 9 nitrogen and oxygen atoms in total. The van der Waals surface area contributed by atoms with Crippen LogP contribution in [0.3, 0.4) is 0 Å². The number of carbonyl (C=O) groups is 2. The summed E-state index contributed by atoms with van der Waals surface area (Å²) in [5.74, 6) is -1.49. The number of aromatic hydroxyl groups is 3. The van der Waals surface area contributed by atoms with Crippen LogP contribution in [0.1, 0.15) is 27.1 Å². The summed E-state index contributed by atoms with van der Waals surface area (Å²) < 4.78 is 0. The fourth-order valence-electron chi connectivity index (χ4n) is 2.88. The number of phenolic OH excluding ortho intramolecular Hbond substituents is 3. The number of phenols is 3. The number of nitrogens with zero attached hydrogens (tertiary/aromatic N) is 3. The Morgan fingerprint density at radius 3 is 2.39 bits per heavy atom. The molecule has 2 aromatic carbocycles. The van der Waals surface area contributed by atoms with Crippen LogP contribution in [0.25, 0.3) is 22.1 Å². The van der Waals surface area contributed by atoms with Crippen molar-refractivity contribution < 1.29 is 24.9 Å². The number of nitrogens with one attached hydrogen (secondary N) is 1. The highest BCUT2D eigenvalue weighted by molar-refractivity contribution is 6.09. The zero-order valence-corrected chi connectivity index (χ0v) is 15.4. The van der Waals surface area contributed by atoms with E-state index < -0.39 is 17.4 Å². The number of rotatable bonds is 6. The van der Waals surface area contributed by atoms with Crippen molar-refractivity contribution in [2.45, 2.75) is 6.42 Å². The molecule has 1 heterocycles. The average molecular weight is 384 g/mol. The second-order valence-electron chi connectivity index (χ2n) is 6.61. The molecule has 0 aliphatic carbocycles. The molecule has 0 aliphatic heterocycles. The fraction of sp³-hybridized carbons (Fsp3) is 0.263. The lowest BCUT2D eigenvalue weighted by molar-refractivity contribution is 0.0953. The van der Waals surface area contributed by atoms with Crippen LogP contribution in [0.5, 0.6) is 17.2 Å². The molecular formula is C19H20N4O5. The molecule has 0 fully saturated rings. The number of aromatic nitrogens is 2. The monoisotopic (exact) mass is 384 g/mol. The summed E-state index contributed by atoms with van der Waals surface area (Å²) in [6.45, 7) is 1.27. The van der Waals surface area contributed by atoms with Crippen LogP contribution in [0.15, 0.2) is 18.2 Å². The van der Waals surface area contributed by atoms with Crippen LogP contribution < -0.4 is 5.32 Å². The van der Waals surface area contributed by atoms with Crippen LogP contribution >= 0.6 is 0 Å². The van der Waals surface area contributed by atoms with E-state index in [1.54, 1.807) is 0 Å². The molecule has 1 amide bonds. The summed E-state index contributed by atoms with van der Waals surface area (Å²) in [6, 6.07) is 3.70. The van der Waals surface area contributed by atoms with Crippen LogP contribution in [0.2, 0.25) is 0 Å². The van der Waals surface area contributed by atoms with Gasteiger partial charge in [0.1, 0.15) is 39.3 Å². The second kappa shape index (κ2) is 7.65. The van der Waals surface area contributed by atoms with Gasteiger partial charge in [0.15, 0.2) is 6.29 Å². The molecule has 0 spiro atoms. The Morgan fingerprint density at radius 2 is 1.71 bits per heavy atom. The van der Waals surface area contributed by atoms with E-state index in [0.717, 1.165) is 19.0 Å². The van der Waals surface area contributed by atoms with Gasteiger partial charge in [-0.1, -0.05) is 0 Å². The van der Waals surface area contributed by atoms with Gasteiger partial charge in [-0.25, -0.2) is 9.97 Å². The van der Waals surface area contributed by atoms with E-state index in [0.29, 0.717) is 12.8 Å². The third-order valence-electron chi connectivity index (χ3n) is 4.28. The minimum Gasteiger partial charge on any atom is -0.507 e. The number of hydrogen-bond acceptors (Lipinski definition) is 8. The van der Waals surface area contributed by atoms with E-state index in [1.807, 2.05) is 19.0 Å². The normalized spacial score (nSPS) is 11.2.